The molecule has 12 heteroatoms. The summed E-state index contributed by atoms with van der Waals surface area (Å²) in [6.07, 6.45) is 2.51. The van der Waals surface area contributed by atoms with Crippen molar-refractivity contribution in [2.75, 3.05) is 19.6 Å². The Morgan fingerprint density at radius 2 is 1.88 bits per heavy atom. The van der Waals surface area contributed by atoms with Crippen LogP contribution in [0.15, 0.2) is 47.2 Å². The molecule has 0 unspecified atom stereocenters. The van der Waals surface area contributed by atoms with Gasteiger partial charge in [-0.05, 0) is 79.6 Å². The molecular formula is C30H37ClN6O4S. The van der Waals surface area contributed by atoms with Crippen molar-refractivity contribution in [1.82, 2.24) is 25.4 Å². The number of urea groups is 1. The van der Waals surface area contributed by atoms with Gasteiger partial charge in [0, 0.05) is 56.9 Å². The second kappa shape index (κ2) is 14.6. The van der Waals surface area contributed by atoms with Crippen LogP contribution in [-0.4, -0.2) is 63.4 Å². The number of nitrogens with zero attached hydrogens (tertiary/aromatic N) is 4. The van der Waals surface area contributed by atoms with E-state index >= 15 is 0 Å². The van der Waals surface area contributed by atoms with E-state index in [2.05, 4.69) is 32.8 Å². The van der Waals surface area contributed by atoms with E-state index in [9.17, 15) is 19.7 Å². The number of piperidine rings is 1. The van der Waals surface area contributed by atoms with E-state index in [0.717, 1.165) is 49.0 Å². The molecule has 1 saturated heterocycles. The van der Waals surface area contributed by atoms with Gasteiger partial charge in [-0.2, -0.15) is 11.3 Å². The molecule has 10 nitrogen and oxygen atoms in total. The first-order valence-corrected chi connectivity index (χ1v) is 15.4. The first-order valence-electron chi connectivity index (χ1n) is 14.1. The third kappa shape index (κ3) is 8.27. The second-order valence-electron chi connectivity index (χ2n) is 10.7. The zero-order valence-electron chi connectivity index (χ0n) is 24.1. The molecule has 42 heavy (non-hydrogen) atoms. The minimum absolute atomic E-state index is 0.0246. The van der Waals surface area contributed by atoms with Crippen molar-refractivity contribution in [2.45, 2.75) is 65.2 Å². The Hall–Kier alpha value is -3.54. The fourth-order valence-electron chi connectivity index (χ4n) is 5.39. The van der Waals surface area contributed by atoms with Gasteiger partial charge < -0.3 is 20.4 Å². The highest BCUT2D eigenvalue weighted by molar-refractivity contribution is 7.07. The largest absolute Gasteiger partial charge is 0.352 e. The molecular weight excluding hydrogens is 576 g/mol. The van der Waals surface area contributed by atoms with Crippen molar-refractivity contribution in [2.24, 2.45) is 0 Å². The van der Waals surface area contributed by atoms with Crippen LogP contribution < -0.4 is 10.6 Å². The highest BCUT2D eigenvalue weighted by Crippen LogP contribution is 2.23. The van der Waals surface area contributed by atoms with Gasteiger partial charge in [-0.15, -0.1) is 0 Å². The normalized spacial score (nSPS) is 14.8. The molecule has 3 aromatic rings. The van der Waals surface area contributed by atoms with Crippen molar-refractivity contribution in [3.8, 4) is 0 Å². The number of pyridine rings is 1. The third-order valence-electron chi connectivity index (χ3n) is 7.79. The number of rotatable bonds is 11. The quantitative estimate of drug-likeness (QED) is 0.163. The standard InChI is InChI=1S/C30H37ClN6O4S/c1-20-16-27(31)34-22(3)28(20)29(38)32-12-8-21(2)35-13-9-25(10-14-35)36(18-24-11-15-42-19-24)30(39)33-17-23-4-6-26(7-5-23)37(40)41/h4-7,11,15-16,19,21,25H,8-10,12-14,17-18H2,1-3H3,(H,32,38)(H,33,39)/t21-/m1/s1. The number of likely N-dealkylation sites (tertiary alicyclic amines) is 1. The summed E-state index contributed by atoms with van der Waals surface area (Å²) in [5, 5.41) is 21.4. The molecule has 3 amide bonds. The van der Waals surface area contributed by atoms with Crippen LogP contribution in [0, 0.1) is 24.0 Å². The molecule has 3 heterocycles. The van der Waals surface area contributed by atoms with Gasteiger partial charge in [0.2, 0.25) is 0 Å². The average molecular weight is 613 g/mol. The van der Waals surface area contributed by atoms with E-state index in [1.165, 1.54) is 12.1 Å². The summed E-state index contributed by atoms with van der Waals surface area (Å²) in [5.41, 5.74) is 3.93. The molecule has 2 N–H and O–H groups in total. The first-order chi connectivity index (χ1) is 20.1. The zero-order valence-corrected chi connectivity index (χ0v) is 25.7. The van der Waals surface area contributed by atoms with E-state index in [1.54, 1.807) is 36.5 Å². The topological polar surface area (TPSA) is 121 Å². The lowest BCUT2D eigenvalue weighted by atomic mass is 10.0. The van der Waals surface area contributed by atoms with Gasteiger partial charge in [0.25, 0.3) is 11.6 Å². The second-order valence-corrected chi connectivity index (χ2v) is 11.9. The predicted molar refractivity (Wildman–Crippen MR) is 165 cm³/mol. The number of nitro benzene ring substituents is 1. The Kier molecular flexibility index (Phi) is 10.9. The fraction of sp³-hybridized carbons (Fsp3) is 0.433. The van der Waals surface area contributed by atoms with Crippen molar-refractivity contribution in [1.29, 1.82) is 0 Å². The molecule has 224 valence electrons. The predicted octanol–water partition coefficient (Wildman–Crippen LogP) is 5.71. The number of aryl methyl sites for hydroxylation is 2. The highest BCUT2D eigenvalue weighted by atomic mass is 35.5. The Morgan fingerprint density at radius 3 is 2.50 bits per heavy atom. The first kappa shape index (κ1) is 31.4. The van der Waals surface area contributed by atoms with E-state index in [1.807, 2.05) is 23.3 Å². The number of aromatic nitrogens is 1. The monoisotopic (exact) mass is 612 g/mol. The van der Waals surface area contributed by atoms with Gasteiger partial charge >= 0.3 is 6.03 Å². The minimum atomic E-state index is -0.436. The molecule has 1 aromatic carbocycles. The van der Waals surface area contributed by atoms with Crippen LogP contribution in [0.5, 0.6) is 0 Å². The van der Waals surface area contributed by atoms with Gasteiger partial charge in [-0.25, -0.2) is 9.78 Å². The van der Waals surface area contributed by atoms with Crippen LogP contribution in [0.3, 0.4) is 0 Å². The molecule has 1 aliphatic rings. The molecule has 4 rings (SSSR count). The van der Waals surface area contributed by atoms with Crippen molar-refractivity contribution in [3.63, 3.8) is 0 Å². The number of benzene rings is 1. The lowest BCUT2D eigenvalue weighted by Crippen LogP contribution is -2.51. The van der Waals surface area contributed by atoms with E-state index < -0.39 is 4.92 Å². The number of halogens is 1. The molecule has 1 fully saturated rings. The summed E-state index contributed by atoms with van der Waals surface area (Å²) in [5.74, 6) is -0.135. The number of amides is 3. The number of carbonyl (C=O) groups is 2. The number of non-ortho nitro benzene ring substituents is 1. The van der Waals surface area contributed by atoms with Crippen LogP contribution >= 0.6 is 22.9 Å². The Balaban J connectivity index is 1.28. The molecule has 2 aromatic heterocycles. The molecule has 1 atom stereocenters. The SMILES string of the molecule is Cc1cc(Cl)nc(C)c1C(=O)NCC[C@@H](C)N1CCC(N(Cc2ccsc2)C(=O)NCc2ccc([N+](=O)[O-])cc2)CC1. The maximum Gasteiger partial charge on any atom is 0.318 e. The molecule has 1 aliphatic heterocycles. The number of hydrogen-bond acceptors (Lipinski definition) is 7. The van der Waals surface area contributed by atoms with Gasteiger partial charge in [-0.3, -0.25) is 14.9 Å². The Bertz CT molecular complexity index is 1350. The minimum Gasteiger partial charge on any atom is -0.352 e. The number of nitrogens with one attached hydrogen (secondary N) is 2. The summed E-state index contributed by atoms with van der Waals surface area (Å²) in [7, 11) is 0. The number of thiophene rings is 1. The highest BCUT2D eigenvalue weighted by Gasteiger charge is 2.30. The lowest BCUT2D eigenvalue weighted by molar-refractivity contribution is -0.384. The van der Waals surface area contributed by atoms with Crippen LogP contribution in [0.4, 0.5) is 10.5 Å². The van der Waals surface area contributed by atoms with Crippen molar-refractivity contribution >= 4 is 40.6 Å². The number of hydrogen-bond donors (Lipinski definition) is 2. The number of nitro groups is 1. The fourth-order valence-corrected chi connectivity index (χ4v) is 6.34. The van der Waals surface area contributed by atoms with Gasteiger partial charge in [-0.1, -0.05) is 23.7 Å². The Morgan fingerprint density at radius 1 is 1.17 bits per heavy atom. The number of carbonyl (C=O) groups excluding carboxylic acids is 2. The molecule has 0 radical (unpaired) electrons. The van der Waals surface area contributed by atoms with E-state index in [-0.39, 0.29) is 29.7 Å². The van der Waals surface area contributed by atoms with Gasteiger partial charge in [0.05, 0.1) is 16.2 Å². The summed E-state index contributed by atoms with van der Waals surface area (Å²) < 4.78 is 0. The average Bonchev–Trinajstić information content (AvgIpc) is 3.48. The third-order valence-corrected chi connectivity index (χ3v) is 8.71. The molecule has 0 spiro atoms. The molecule has 0 bridgehead atoms. The summed E-state index contributed by atoms with van der Waals surface area (Å²) in [4.78, 5) is 45.2. The van der Waals surface area contributed by atoms with Crippen LogP contribution in [0.25, 0.3) is 0 Å². The van der Waals surface area contributed by atoms with Crippen molar-refractivity contribution in [3.05, 3.63) is 90.4 Å². The summed E-state index contributed by atoms with van der Waals surface area (Å²) in [6.45, 7) is 8.91. The van der Waals surface area contributed by atoms with Crippen LogP contribution in [-0.2, 0) is 13.1 Å². The van der Waals surface area contributed by atoms with Gasteiger partial charge in [0.1, 0.15) is 5.15 Å². The van der Waals surface area contributed by atoms with E-state index in [0.29, 0.717) is 36.0 Å². The Labute approximate surface area is 255 Å². The summed E-state index contributed by atoms with van der Waals surface area (Å²) >= 11 is 7.61. The van der Waals surface area contributed by atoms with Crippen LogP contribution in [0.1, 0.15) is 58.9 Å². The maximum absolute atomic E-state index is 13.4. The molecule has 0 aliphatic carbocycles. The van der Waals surface area contributed by atoms with Crippen LogP contribution in [0.2, 0.25) is 5.15 Å². The zero-order chi connectivity index (χ0) is 30.2. The lowest BCUT2D eigenvalue weighted by Gasteiger charge is -2.40. The maximum atomic E-state index is 13.4. The molecule has 0 saturated carbocycles. The summed E-state index contributed by atoms with van der Waals surface area (Å²) in [6, 6.07) is 10.2. The van der Waals surface area contributed by atoms with Gasteiger partial charge in [0.15, 0.2) is 0 Å². The smallest absolute Gasteiger partial charge is 0.318 e. The van der Waals surface area contributed by atoms with E-state index in [4.69, 9.17) is 11.6 Å². The van der Waals surface area contributed by atoms with Crippen molar-refractivity contribution < 1.29 is 14.5 Å².